The lowest BCUT2D eigenvalue weighted by Gasteiger charge is -2.14. The molecule has 140 valence electrons. The van der Waals surface area contributed by atoms with Crippen LogP contribution >= 0.6 is 11.6 Å². The van der Waals surface area contributed by atoms with Gasteiger partial charge in [0.15, 0.2) is 0 Å². The molecule has 5 heteroatoms. The molecule has 5 rings (SSSR count). The molecule has 0 amide bonds. The molecule has 1 aliphatic rings. The number of fused-ring (bicyclic) bond motifs is 3. The average molecular weight is 390 g/mol. The van der Waals surface area contributed by atoms with Crippen LogP contribution in [0.3, 0.4) is 0 Å². The second-order valence-electron chi connectivity index (χ2n) is 7.24. The van der Waals surface area contributed by atoms with Gasteiger partial charge in [0.1, 0.15) is 0 Å². The zero-order chi connectivity index (χ0) is 19.3. The van der Waals surface area contributed by atoms with E-state index in [2.05, 4.69) is 29.1 Å². The second-order valence-corrected chi connectivity index (χ2v) is 7.68. The molecule has 4 aromatic rings. The van der Waals surface area contributed by atoms with Gasteiger partial charge in [-0.2, -0.15) is 0 Å². The summed E-state index contributed by atoms with van der Waals surface area (Å²) in [6.07, 6.45) is 2.89. The average Bonchev–Trinajstić information content (AvgIpc) is 3.01. The number of hydrogen-bond acceptors (Lipinski definition) is 2. The van der Waals surface area contributed by atoms with E-state index in [0.29, 0.717) is 5.02 Å². The van der Waals surface area contributed by atoms with Crippen molar-refractivity contribution in [2.45, 2.75) is 13.0 Å². The Morgan fingerprint density at radius 2 is 1.82 bits per heavy atom. The van der Waals surface area contributed by atoms with E-state index in [4.69, 9.17) is 11.6 Å². The van der Waals surface area contributed by atoms with Crippen molar-refractivity contribution in [3.63, 3.8) is 0 Å². The largest absolute Gasteiger partial charge is 0.346 e. The number of benzene rings is 2. The van der Waals surface area contributed by atoms with Crippen LogP contribution in [-0.2, 0) is 20.0 Å². The third-order valence-electron chi connectivity index (χ3n) is 5.64. The van der Waals surface area contributed by atoms with Crippen LogP contribution in [0.25, 0.3) is 27.7 Å². The Hall–Kier alpha value is -2.82. The summed E-state index contributed by atoms with van der Waals surface area (Å²) in [5, 5.41) is 5.41. The fourth-order valence-electron chi connectivity index (χ4n) is 4.14. The number of hydrogen-bond donors (Lipinski definition) is 1. The highest BCUT2D eigenvalue weighted by atomic mass is 35.5. The molecule has 0 spiro atoms. The molecule has 0 atom stereocenters. The molecule has 4 nitrogen and oxygen atoms in total. The Kier molecular flexibility index (Phi) is 4.11. The van der Waals surface area contributed by atoms with E-state index in [1.165, 1.54) is 22.2 Å². The second kappa shape index (κ2) is 6.66. The molecule has 0 radical (unpaired) electrons. The summed E-state index contributed by atoms with van der Waals surface area (Å²) in [6.45, 7) is 1.91. The first kappa shape index (κ1) is 17.3. The van der Waals surface area contributed by atoms with Crippen LogP contribution in [0.15, 0.2) is 65.6 Å². The van der Waals surface area contributed by atoms with Gasteiger partial charge in [-0.3, -0.25) is 9.36 Å². The Bertz CT molecular complexity index is 1250. The maximum absolute atomic E-state index is 12.8. The zero-order valence-corrected chi connectivity index (χ0v) is 16.3. The van der Waals surface area contributed by atoms with Crippen molar-refractivity contribution in [1.82, 2.24) is 14.5 Å². The van der Waals surface area contributed by atoms with Gasteiger partial charge in [0, 0.05) is 42.0 Å². The number of rotatable bonds is 2. The van der Waals surface area contributed by atoms with Crippen molar-refractivity contribution < 1.29 is 0 Å². The predicted molar refractivity (Wildman–Crippen MR) is 114 cm³/mol. The van der Waals surface area contributed by atoms with Crippen molar-refractivity contribution in [1.29, 1.82) is 0 Å². The monoisotopic (exact) mass is 389 g/mol. The highest BCUT2D eigenvalue weighted by Crippen LogP contribution is 2.29. The van der Waals surface area contributed by atoms with Crippen LogP contribution in [0.2, 0.25) is 5.02 Å². The van der Waals surface area contributed by atoms with E-state index in [9.17, 15) is 4.79 Å². The molecule has 0 saturated carbocycles. The molecule has 0 bridgehead atoms. The van der Waals surface area contributed by atoms with Crippen LogP contribution in [0, 0.1) is 0 Å². The van der Waals surface area contributed by atoms with Gasteiger partial charge in [-0.1, -0.05) is 29.8 Å². The first-order valence-corrected chi connectivity index (χ1v) is 9.79. The smallest absolute Gasteiger partial charge is 0.255 e. The van der Waals surface area contributed by atoms with Gasteiger partial charge < -0.3 is 9.88 Å². The van der Waals surface area contributed by atoms with Crippen molar-refractivity contribution in [3.05, 3.63) is 87.4 Å². The number of aryl methyl sites for hydroxylation is 1. The fraction of sp³-hybridized carbons (Fsp3) is 0.174. The SMILES string of the molecule is Cn1c2c(c3ccc(-n4ccc(-c5ccc(Cl)cc5)cc4=O)cc31)CCNC2. The van der Waals surface area contributed by atoms with Crippen LogP contribution < -0.4 is 10.9 Å². The van der Waals surface area contributed by atoms with Crippen molar-refractivity contribution in [3.8, 4) is 16.8 Å². The van der Waals surface area contributed by atoms with E-state index >= 15 is 0 Å². The summed E-state index contributed by atoms with van der Waals surface area (Å²) in [4.78, 5) is 12.8. The normalized spacial score (nSPS) is 13.6. The number of nitrogens with zero attached hydrogens (tertiary/aromatic N) is 2. The molecular weight excluding hydrogens is 370 g/mol. The molecule has 1 N–H and O–H groups in total. The maximum atomic E-state index is 12.8. The molecule has 2 aromatic carbocycles. The highest BCUT2D eigenvalue weighted by molar-refractivity contribution is 6.30. The van der Waals surface area contributed by atoms with Crippen LogP contribution in [-0.4, -0.2) is 15.7 Å². The number of aromatic nitrogens is 2. The lowest BCUT2D eigenvalue weighted by atomic mass is 10.0. The van der Waals surface area contributed by atoms with E-state index < -0.39 is 0 Å². The minimum Gasteiger partial charge on any atom is -0.346 e. The van der Waals surface area contributed by atoms with Gasteiger partial charge in [0.2, 0.25) is 0 Å². The van der Waals surface area contributed by atoms with Crippen LogP contribution in [0.4, 0.5) is 0 Å². The van der Waals surface area contributed by atoms with Crippen molar-refractivity contribution >= 4 is 22.5 Å². The van der Waals surface area contributed by atoms with Gasteiger partial charge in [0.25, 0.3) is 5.56 Å². The van der Waals surface area contributed by atoms with Gasteiger partial charge in [0.05, 0.1) is 11.2 Å². The van der Waals surface area contributed by atoms with Gasteiger partial charge in [-0.15, -0.1) is 0 Å². The minimum atomic E-state index is -0.0487. The standard InChI is InChI=1S/C23H20ClN3O/c1-26-21-13-18(6-7-19(21)20-8-10-25-14-22(20)26)27-11-9-16(12-23(27)28)15-2-4-17(24)5-3-15/h2-7,9,11-13,25H,8,10,14H2,1H3. The Morgan fingerprint density at radius 1 is 1.00 bits per heavy atom. The minimum absolute atomic E-state index is 0.0487. The third kappa shape index (κ3) is 2.77. The van der Waals surface area contributed by atoms with E-state index in [0.717, 1.165) is 36.3 Å². The Labute approximate surface area is 168 Å². The summed E-state index contributed by atoms with van der Waals surface area (Å²) in [7, 11) is 2.10. The molecule has 0 fully saturated rings. The van der Waals surface area contributed by atoms with E-state index in [1.807, 2.05) is 42.6 Å². The van der Waals surface area contributed by atoms with E-state index in [-0.39, 0.29) is 5.56 Å². The zero-order valence-electron chi connectivity index (χ0n) is 15.6. The van der Waals surface area contributed by atoms with Gasteiger partial charge >= 0.3 is 0 Å². The molecule has 0 aliphatic carbocycles. The van der Waals surface area contributed by atoms with Crippen LogP contribution in [0.5, 0.6) is 0 Å². The van der Waals surface area contributed by atoms with Crippen LogP contribution in [0.1, 0.15) is 11.3 Å². The predicted octanol–water partition coefficient (Wildman–Crippen LogP) is 4.30. The first-order valence-electron chi connectivity index (χ1n) is 9.42. The molecule has 0 unspecified atom stereocenters. The maximum Gasteiger partial charge on any atom is 0.255 e. The number of halogens is 1. The number of nitrogens with one attached hydrogen (secondary N) is 1. The quantitative estimate of drug-likeness (QED) is 0.555. The summed E-state index contributed by atoms with van der Waals surface area (Å²) in [5.41, 5.74) is 6.63. The summed E-state index contributed by atoms with van der Waals surface area (Å²) >= 11 is 5.96. The van der Waals surface area contributed by atoms with Crippen molar-refractivity contribution in [2.75, 3.05) is 6.54 Å². The molecule has 2 aromatic heterocycles. The Morgan fingerprint density at radius 3 is 2.61 bits per heavy atom. The first-order chi connectivity index (χ1) is 13.6. The highest BCUT2D eigenvalue weighted by Gasteiger charge is 2.18. The van der Waals surface area contributed by atoms with Gasteiger partial charge in [-0.05, 0) is 60.0 Å². The van der Waals surface area contributed by atoms with Gasteiger partial charge in [-0.25, -0.2) is 0 Å². The summed E-state index contributed by atoms with van der Waals surface area (Å²) in [6, 6.07) is 17.5. The third-order valence-corrected chi connectivity index (χ3v) is 5.89. The molecule has 3 heterocycles. The van der Waals surface area contributed by atoms with E-state index in [1.54, 1.807) is 10.6 Å². The molecule has 0 saturated heterocycles. The molecular formula is C23H20ClN3O. The molecule has 1 aliphatic heterocycles. The lowest BCUT2D eigenvalue weighted by molar-refractivity contribution is 0.614. The topological polar surface area (TPSA) is 39.0 Å². The molecule has 28 heavy (non-hydrogen) atoms. The summed E-state index contributed by atoms with van der Waals surface area (Å²) < 4.78 is 3.94. The lowest BCUT2D eigenvalue weighted by Crippen LogP contribution is -2.24. The summed E-state index contributed by atoms with van der Waals surface area (Å²) in [5.74, 6) is 0. The fourth-order valence-corrected chi connectivity index (χ4v) is 4.27. The number of pyridine rings is 1. The Balaban J connectivity index is 1.59. The van der Waals surface area contributed by atoms with Crippen molar-refractivity contribution in [2.24, 2.45) is 7.05 Å².